The van der Waals surface area contributed by atoms with Gasteiger partial charge in [0.1, 0.15) is 6.10 Å². The molecule has 7 heteroatoms. The SMILES string of the molecule is COCCCn1nc(Cc2ccccc2)c2ccc(CN(C(=O)[C@H]3CNCCO3)C3CC3)cc21. The van der Waals surface area contributed by atoms with E-state index in [1.807, 2.05) is 11.0 Å². The first-order chi connectivity index (χ1) is 16.7. The van der Waals surface area contributed by atoms with Gasteiger partial charge in [0.15, 0.2) is 0 Å². The third-order valence-electron chi connectivity index (χ3n) is 6.65. The van der Waals surface area contributed by atoms with Crippen molar-refractivity contribution < 1.29 is 14.3 Å². The van der Waals surface area contributed by atoms with E-state index in [1.54, 1.807) is 7.11 Å². The Bertz CT molecular complexity index is 1100. The Hall–Kier alpha value is -2.74. The number of methoxy groups -OCH3 is 1. The zero-order valence-electron chi connectivity index (χ0n) is 19.9. The minimum Gasteiger partial charge on any atom is -0.385 e. The number of morpholine rings is 1. The molecule has 1 saturated heterocycles. The van der Waals surface area contributed by atoms with Crippen molar-refractivity contribution in [3.05, 3.63) is 65.4 Å². The van der Waals surface area contributed by atoms with Crippen LogP contribution in [-0.4, -0.2) is 66.1 Å². The topological polar surface area (TPSA) is 68.6 Å². The summed E-state index contributed by atoms with van der Waals surface area (Å²) in [6, 6.07) is 17.3. The molecule has 1 amide bonds. The van der Waals surface area contributed by atoms with Crippen LogP contribution in [0.1, 0.15) is 36.1 Å². The van der Waals surface area contributed by atoms with Crippen molar-refractivity contribution in [1.29, 1.82) is 0 Å². The fourth-order valence-electron chi connectivity index (χ4n) is 4.71. The van der Waals surface area contributed by atoms with Gasteiger partial charge in [0.2, 0.25) is 0 Å². The number of benzene rings is 2. The smallest absolute Gasteiger partial charge is 0.253 e. The van der Waals surface area contributed by atoms with Gasteiger partial charge in [-0.1, -0.05) is 42.5 Å². The second-order valence-corrected chi connectivity index (χ2v) is 9.29. The molecule has 5 rings (SSSR count). The zero-order chi connectivity index (χ0) is 23.3. The summed E-state index contributed by atoms with van der Waals surface area (Å²) < 4.78 is 13.1. The van der Waals surface area contributed by atoms with E-state index in [1.165, 1.54) is 10.9 Å². The molecule has 180 valence electrons. The number of fused-ring (bicyclic) bond motifs is 1. The van der Waals surface area contributed by atoms with Crippen LogP contribution in [-0.2, 0) is 33.8 Å². The molecule has 0 unspecified atom stereocenters. The predicted molar refractivity (Wildman–Crippen MR) is 132 cm³/mol. The summed E-state index contributed by atoms with van der Waals surface area (Å²) in [6.07, 6.45) is 3.47. The second-order valence-electron chi connectivity index (χ2n) is 9.29. The number of rotatable bonds is 10. The summed E-state index contributed by atoms with van der Waals surface area (Å²) in [5, 5.41) is 9.44. The van der Waals surface area contributed by atoms with Crippen LogP contribution in [0.5, 0.6) is 0 Å². The van der Waals surface area contributed by atoms with Crippen molar-refractivity contribution in [3.8, 4) is 0 Å². The molecule has 0 bridgehead atoms. The molecule has 1 aromatic heterocycles. The van der Waals surface area contributed by atoms with Crippen LogP contribution in [0.15, 0.2) is 48.5 Å². The molecule has 1 aliphatic heterocycles. The first kappa shape index (κ1) is 23.0. The summed E-state index contributed by atoms with van der Waals surface area (Å²) in [5.41, 5.74) is 4.59. The Labute approximate surface area is 201 Å². The van der Waals surface area contributed by atoms with Crippen LogP contribution in [0.2, 0.25) is 0 Å². The number of hydrogen-bond donors (Lipinski definition) is 1. The minimum absolute atomic E-state index is 0.105. The van der Waals surface area contributed by atoms with E-state index < -0.39 is 0 Å². The molecule has 1 atom stereocenters. The molecule has 0 spiro atoms. The Kier molecular flexibility index (Phi) is 7.23. The normalized spacial score (nSPS) is 18.3. The van der Waals surface area contributed by atoms with E-state index in [4.69, 9.17) is 14.6 Å². The molecular formula is C27H34N4O3. The van der Waals surface area contributed by atoms with E-state index in [0.717, 1.165) is 55.5 Å². The molecule has 2 aliphatic rings. The molecule has 3 aromatic rings. The number of carbonyl (C=O) groups is 1. The molecule has 1 aliphatic carbocycles. The average Bonchev–Trinajstić information content (AvgIpc) is 3.67. The Morgan fingerprint density at radius 2 is 2.06 bits per heavy atom. The predicted octanol–water partition coefficient (Wildman–Crippen LogP) is 3.14. The highest BCUT2D eigenvalue weighted by Crippen LogP contribution is 2.31. The molecular weight excluding hydrogens is 428 g/mol. The van der Waals surface area contributed by atoms with Crippen LogP contribution in [0.4, 0.5) is 0 Å². The summed E-state index contributed by atoms with van der Waals surface area (Å²) in [6.45, 7) is 4.10. The van der Waals surface area contributed by atoms with Gasteiger partial charge in [-0.05, 0) is 36.5 Å². The van der Waals surface area contributed by atoms with E-state index in [0.29, 0.717) is 32.3 Å². The Balaban J connectivity index is 1.41. The molecule has 2 heterocycles. The zero-order valence-corrected chi connectivity index (χ0v) is 19.9. The lowest BCUT2D eigenvalue weighted by Gasteiger charge is -2.30. The highest BCUT2D eigenvalue weighted by Gasteiger charge is 2.36. The standard InChI is InChI=1S/C27H34N4O3/c1-33-14-5-13-31-25-17-21(8-11-23(25)24(29-31)16-20-6-3-2-4-7-20)19-30(22-9-10-22)27(32)26-18-28-12-15-34-26/h2-4,6-8,11,17,22,26,28H,5,9-10,12-16,18-19H2,1H3/t26-/m1/s1. The summed E-state index contributed by atoms with van der Waals surface area (Å²) in [5.74, 6) is 0.105. The Morgan fingerprint density at radius 3 is 2.79 bits per heavy atom. The van der Waals surface area contributed by atoms with Crippen molar-refractivity contribution >= 4 is 16.8 Å². The monoisotopic (exact) mass is 462 g/mol. The third-order valence-corrected chi connectivity index (χ3v) is 6.65. The van der Waals surface area contributed by atoms with Crippen molar-refractivity contribution in [1.82, 2.24) is 20.0 Å². The van der Waals surface area contributed by atoms with Crippen LogP contribution in [0.25, 0.3) is 10.9 Å². The first-order valence-corrected chi connectivity index (χ1v) is 12.4. The maximum atomic E-state index is 13.2. The molecule has 1 saturated carbocycles. The van der Waals surface area contributed by atoms with Gasteiger partial charge in [-0.15, -0.1) is 0 Å². The summed E-state index contributed by atoms with van der Waals surface area (Å²) in [4.78, 5) is 15.2. The first-order valence-electron chi connectivity index (χ1n) is 12.4. The number of nitrogens with one attached hydrogen (secondary N) is 1. The van der Waals surface area contributed by atoms with Crippen LogP contribution in [0, 0.1) is 0 Å². The van der Waals surface area contributed by atoms with Gasteiger partial charge in [0.25, 0.3) is 5.91 Å². The highest BCUT2D eigenvalue weighted by molar-refractivity contribution is 5.84. The number of hydrogen-bond acceptors (Lipinski definition) is 5. The van der Waals surface area contributed by atoms with Crippen LogP contribution in [0.3, 0.4) is 0 Å². The van der Waals surface area contributed by atoms with Crippen molar-refractivity contribution in [2.45, 2.75) is 50.9 Å². The fraction of sp³-hybridized carbons (Fsp3) is 0.481. The minimum atomic E-state index is -0.380. The number of nitrogens with zero attached hydrogens (tertiary/aromatic N) is 3. The quantitative estimate of drug-likeness (QED) is 0.469. The van der Waals surface area contributed by atoms with E-state index in [2.05, 4.69) is 52.5 Å². The molecule has 7 nitrogen and oxygen atoms in total. The lowest BCUT2D eigenvalue weighted by atomic mass is 10.1. The Morgan fingerprint density at radius 1 is 1.21 bits per heavy atom. The number of ether oxygens (including phenoxy) is 2. The number of amides is 1. The van der Waals surface area contributed by atoms with Gasteiger partial charge in [0, 0.05) is 57.7 Å². The molecule has 34 heavy (non-hydrogen) atoms. The van der Waals surface area contributed by atoms with Gasteiger partial charge in [-0.2, -0.15) is 5.10 Å². The summed E-state index contributed by atoms with van der Waals surface area (Å²) in [7, 11) is 1.73. The van der Waals surface area contributed by atoms with Gasteiger partial charge >= 0.3 is 0 Å². The van der Waals surface area contributed by atoms with Crippen LogP contribution >= 0.6 is 0 Å². The largest absolute Gasteiger partial charge is 0.385 e. The van der Waals surface area contributed by atoms with Crippen molar-refractivity contribution in [2.24, 2.45) is 0 Å². The van der Waals surface area contributed by atoms with Gasteiger partial charge in [-0.3, -0.25) is 9.48 Å². The average molecular weight is 463 g/mol. The number of aromatic nitrogens is 2. The maximum absolute atomic E-state index is 13.2. The highest BCUT2D eigenvalue weighted by atomic mass is 16.5. The molecule has 2 aromatic carbocycles. The summed E-state index contributed by atoms with van der Waals surface area (Å²) >= 11 is 0. The fourth-order valence-corrected chi connectivity index (χ4v) is 4.71. The van der Waals surface area contributed by atoms with Gasteiger partial charge in [-0.25, -0.2) is 0 Å². The lowest BCUT2D eigenvalue weighted by molar-refractivity contribution is -0.146. The van der Waals surface area contributed by atoms with E-state index in [-0.39, 0.29) is 12.0 Å². The van der Waals surface area contributed by atoms with Crippen LogP contribution < -0.4 is 5.32 Å². The molecule has 2 fully saturated rings. The van der Waals surface area contributed by atoms with Crippen molar-refractivity contribution in [3.63, 3.8) is 0 Å². The third kappa shape index (κ3) is 5.32. The van der Waals surface area contributed by atoms with E-state index in [9.17, 15) is 4.79 Å². The number of aryl methyl sites for hydroxylation is 1. The second kappa shape index (κ2) is 10.7. The van der Waals surface area contributed by atoms with Gasteiger partial charge < -0.3 is 19.7 Å². The maximum Gasteiger partial charge on any atom is 0.253 e. The lowest BCUT2D eigenvalue weighted by Crippen LogP contribution is -2.49. The van der Waals surface area contributed by atoms with E-state index >= 15 is 0 Å². The number of carbonyl (C=O) groups excluding carboxylic acids is 1. The van der Waals surface area contributed by atoms with Crippen molar-refractivity contribution in [2.75, 3.05) is 33.4 Å². The molecule has 1 N–H and O–H groups in total. The molecule has 0 radical (unpaired) electrons. The van der Waals surface area contributed by atoms with Gasteiger partial charge in [0.05, 0.1) is 17.8 Å².